The average molecular weight is 250 g/mol. The summed E-state index contributed by atoms with van der Waals surface area (Å²) in [5.41, 5.74) is 2.22. The maximum atomic E-state index is 13.2. The Morgan fingerprint density at radius 1 is 1.33 bits per heavy atom. The van der Waals surface area contributed by atoms with Gasteiger partial charge in [-0.2, -0.15) is 0 Å². The lowest BCUT2D eigenvalue weighted by atomic mass is 9.75. The zero-order chi connectivity index (χ0) is 13.2. The van der Waals surface area contributed by atoms with Crippen molar-refractivity contribution in [3.63, 3.8) is 0 Å². The minimum absolute atomic E-state index is 0.123. The highest BCUT2D eigenvalue weighted by atomic mass is 19.1. The second kappa shape index (κ2) is 5.37. The number of rotatable bonds is 5. The van der Waals surface area contributed by atoms with E-state index in [-0.39, 0.29) is 5.82 Å². The molecule has 100 valence electrons. The van der Waals surface area contributed by atoms with Gasteiger partial charge in [0.15, 0.2) is 0 Å². The first-order valence-corrected chi connectivity index (χ1v) is 6.67. The van der Waals surface area contributed by atoms with Crippen LogP contribution in [-0.4, -0.2) is 31.1 Å². The summed E-state index contributed by atoms with van der Waals surface area (Å²) >= 11 is 0. The quantitative estimate of drug-likeness (QED) is 0.864. The lowest BCUT2D eigenvalue weighted by molar-refractivity contribution is 0.0598. The molecule has 0 unspecified atom stereocenters. The molecule has 1 aromatic carbocycles. The van der Waals surface area contributed by atoms with E-state index in [4.69, 9.17) is 0 Å². The summed E-state index contributed by atoms with van der Waals surface area (Å²) in [4.78, 5) is 2.33. The first kappa shape index (κ1) is 13.5. The summed E-state index contributed by atoms with van der Waals surface area (Å²) in [5.74, 6) is -0.123. The van der Waals surface area contributed by atoms with Crippen LogP contribution in [0.25, 0.3) is 0 Å². The Morgan fingerprint density at radius 3 is 2.56 bits per heavy atom. The largest absolute Gasteiger partial charge is 0.311 e. The van der Waals surface area contributed by atoms with Crippen molar-refractivity contribution >= 4 is 0 Å². The van der Waals surface area contributed by atoms with Gasteiger partial charge in [-0.05, 0) is 57.5 Å². The maximum absolute atomic E-state index is 13.2. The fourth-order valence-electron chi connectivity index (χ4n) is 2.62. The second-order valence-electron chi connectivity index (χ2n) is 5.66. The minimum atomic E-state index is -0.123. The molecule has 0 atom stereocenters. The zero-order valence-corrected chi connectivity index (χ0v) is 11.6. The summed E-state index contributed by atoms with van der Waals surface area (Å²) in [7, 11) is 4.31. The first-order chi connectivity index (χ1) is 8.53. The molecule has 1 aromatic rings. The van der Waals surface area contributed by atoms with E-state index in [1.165, 1.54) is 19.3 Å². The van der Waals surface area contributed by atoms with E-state index >= 15 is 0 Å². The first-order valence-electron chi connectivity index (χ1n) is 6.67. The Hall–Kier alpha value is -0.930. The van der Waals surface area contributed by atoms with Crippen molar-refractivity contribution in [1.29, 1.82) is 0 Å². The van der Waals surface area contributed by atoms with Gasteiger partial charge >= 0.3 is 0 Å². The van der Waals surface area contributed by atoms with Crippen LogP contribution in [0.5, 0.6) is 0 Å². The highest BCUT2D eigenvalue weighted by Crippen LogP contribution is 2.35. The predicted octanol–water partition coefficient (Wildman–Crippen LogP) is 2.71. The summed E-state index contributed by atoms with van der Waals surface area (Å²) in [6.45, 7) is 3.64. The normalized spacial score (nSPS) is 17.8. The fourth-order valence-corrected chi connectivity index (χ4v) is 2.62. The maximum Gasteiger partial charge on any atom is 0.126 e. The van der Waals surface area contributed by atoms with E-state index in [0.717, 1.165) is 24.2 Å². The number of hydrogen-bond acceptors (Lipinski definition) is 2. The van der Waals surface area contributed by atoms with Crippen molar-refractivity contribution in [1.82, 2.24) is 10.2 Å². The molecule has 2 nitrogen and oxygen atoms in total. The molecule has 0 aromatic heterocycles. The van der Waals surface area contributed by atoms with Gasteiger partial charge in [-0.25, -0.2) is 4.39 Å². The van der Waals surface area contributed by atoms with Crippen molar-refractivity contribution in [2.45, 2.75) is 38.3 Å². The van der Waals surface area contributed by atoms with Crippen LogP contribution in [0, 0.1) is 12.7 Å². The minimum Gasteiger partial charge on any atom is -0.311 e. The highest BCUT2D eigenvalue weighted by Gasteiger charge is 2.38. The number of halogens is 1. The SMILES string of the molecule is Cc1cc(CNCC2(N(C)C)CCC2)ccc1F. The van der Waals surface area contributed by atoms with Gasteiger partial charge in [0, 0.05) is 18.6 Å². The van der Waals surface area contributed by atoms with Crippen molar-refractivity contribution in [3.05, 3.63) is 35.1 Å². The van der Waals surface area contributed by atoms with Gasteiger partial charge in [0.2, 0.25) is 0 Å². The third-order valence-corrected chi connectivity index (χ3v) is 4.24. The Kier molecular flexibility index (Phi) is 4.03. The molecule has 1 saturated carbocycles. The molecule has 0 radical (unpaired) electrons. The molecule has 1 aliphatic carbocycles. The predicted molar refractivity (Wildman–Crippen MR) is 73.1 cm³/mol. The van der Waals surface area contributed by atoms with Crippen LogP contribution in [0.4, 0.5) is 4.39 Å². The average Bonchev–Trinajstić information content (AvgIpc) is 2.26. The zero-order valence-electron chi connectivity index (χ0n) is 11.6. The molecular weight excluding hydrogens is 227 g/mol. The number of benzene rings is 1. The fraction of sp³-hybridized carbons (Fsp3) is 0.600. The lowest BCUT2D eigenvalue weighted by Crippen LogP contribution is -2.56. The van der Waals surface area contributed by atoms with E-state index in [1.54, 1.807) is 6.07 Å². The van der Waals surface area contributed by atoms with Crippen LogP contribution in [0.1, 0.15) is 30.4 Å². The van der Waals surface area contributed by atoms with Gasteiger partial charge in [0.05, 0.1) is 0 Å². The van der Waals surface area contributed by atoms with Gasteiger partial charge < -0.3 is 10.2 Å². The van der Waals surface area contributed by atoms with Crippen molar-refractivity contribution in [3.8, 4) is 0 Å². The number of aryl methyl sites for hydroxylation is 1. The highest BCUT2D eigenvalue weighted by molar-refractivity contribution is 5.23. The summed E-state index contributed by atoms with van der Waals surface area (Å²) in [5, 5.41) is 3.51. The standard InChI is InChI=1S/C15H23FN2/c1-12-9-13(5-6-14(12)16)10-17-11-15(18(2)3)7-4-8-15/h5-6,9,17H,4,7-8,10-11H2,1-3H3. The molecule has 0 aliphatic heterocycles. The van der Waals surface area contributed by atoms with E-state index in [1.807, 2.05) is 19.1 Å². The number of nitrogens with one attached hydrogen (secondary N) is 1. The molecule has 1 aliphatic rings. The molecule has 2 rings (SSSR count). The molecule has 0 amide bonds. The van der Waals surface area contributed by atoms with Gasteiger partial charge in [0.25, 0.3) is 0 Å². The monoisotopic (exact) mass is 250 g/mol. The van der Waals surface area contributed by atoms with E-state index < -0.39 is 0 Å². The number of nitrogens with zero attached hydrogens (tertiary/aromatic N) is 1. The molecule has 1 fully saturated rings. The molecule has 3 heteroatoms. The Bertz CT molecular complexity index is 411. The smallest absolute Gasteiger partial charge is 0.126 e. The van der Waals surface area contributed by atoms with Crippen LogP contribution in [-0.2, 0) is 6.54 Å². The Labute approximate surface area is 109 Å². The molecule has 0 bridgehead atoms. The van der Waals surface area contributed by atoms with E-state index in [2.05, 4.69) is 24.3 Å². The van der Waals surface area contributed by atoms with Gasteiger partial charge in [-0.1, -0.05) is 12.1 Å². The van der Waals surface area contributed by atoms with Crippen LogP contribution >= 0.6 is 0 Å². The molecule has 1 N–H and O–H groups in total. The molecule has 18 heavy (non-hydrogen) atoms. The van der Waals surface area contributed by atoms with E-state index in [0.29, 0.717) is 5.54 Å². The Balaban J connectivity index is 1.86. The summed E-state index contributed by atoms with van der Waals surface area (Å²) in [6, 6.07) is 5.33. The van der Waals surface area contributed by atoms with Crippen molar-refractivity contribution in [2.24, 2.45) is 0 Å². The van der Waals surface area contributed by atoms with Crippen molar-refractivity contribution < 1.29 is 4.39 Å². The number of likely N-dealkylation sites (N-methyl/N-ethyl adjacent to an activating group) is 1. The van der Waals surface area contributed by atoms with E-state index in [9.17, 15) is 4.39 Å². The van der Waals surface area contributed by atoms with Crippen LogP contribution in [0.15, 0.2) is 18.2 Å². The van der Waals surface area contributed by atoms with Crippen LogP contribution < -0.4 is 5.32 Å². The molecule has 0 saturated heterocycles. The van der Waals surface area contributed by atoms with Crippen LogP contribution in [0.3, 0.4) is 0 Å². The number of hydrogen-bond donors (Lipinski definition) is 1. The lowest BCUT2D eigenvalue weighted by Gasteiger charge is -2.47. The molecular formula is C15H23FN2. The molecule has 0 spiro atoms. The topological polar surface area (TPSA) is 15.3 Å². The summed E-state index contributed by atoms with van der Waals surface area (Å²) in [6.07, 6.45) is 3.88. The van der Waals surface area contributed by atoms with Gasteiger partial charge in [-0.15, -0.1) is 0 Å². The van der Waals surface area contributed by atoms with Crippen LogP contribution in [0.2, 0.25) is 0 Å². The summed E-state index contributed by atoms with van der Waals surface area (Å²) < 4.78 is 13.2. The third kappa shape index (κ3) is 2.73. The molecule has 0 heterocycles. The third-order valence-electron chi connectivity index (χ3n) is 4.24. The van der Waals surface area contributed by atoms with Gasteiger partial charge in [-0.3, -0.25) is 0 Å². The Morgan fingerprint density at radius 2 is 2.06 bits per heavy atom. The van der Waals surface area contributed by atoms with Gasteiger partial charge in [0.1, 0.15) is 5.82 Å². The second-order valence-corrected chi connectivity index (χ2v) is 5.66. The van der Waals surface area contributed by atoms with Crippen molar-refractivity contribution in [2.75, 3.05) is 20.6 Å².